The molecule has 0 aliphatic heterocycles. The molecule has 0 aliphatic rings. The van der Waals surface area contributed by atoms with E-state index in [2.05, 4.69) is 71.4 Å². The molecule has 0 atom stereocenters. The maximum absolute atomic E-state index is 2.22. The Morgan fingerprint density at radius 3 is 1.21 bits per heavy atom. The summed E-state index contributed by atoms with van der Waals surface area (Å²) in [4.78, 5) is 0. The monoisotopic (exact) mass is 197 g/mol. The van der Waals surface area contributed by atoms with Gasteiger partial charge in [0, 0.05) is 0 Å². The molecule has 14 heavy (non-hydrogen) atoms. The minimum Gasteiger partial charge on any atom is -0.870 e. The van der Waals surface area contributed by atoms with Gasteiger partial charge in [-0.15, -0.1) is 0 Å². The third-order valence-electron chi connectivity index (χ3n) is 2.12. The van der Waals surface area contributed by atoms with Gasteiger partial charge in [0.1, 0.15) is 18.6 Å². The zero-order chi connectivity index (χ0) is 10.3. The Labute approximate surface area is 88.1 Å². The number of allylic oxidation sites excluding steroid dienone is 3. The van der Waals surface area contributed by atoms with E-state index in [0.717, 1.165) is 4.48 Å². The molecule has 0 bridgehead atoms. The Hall–Kier alpha value is -0.860. The van der Waals surface area contributed by atoms with Crippen LogP contribution < -0.4 is 0 Å². The van der Waals surface area contributed by atoms with Crippen molar-refractivity contribution >= 4 is 0 Å². The van der Waals surface area contributed by atoms with Crippen LogP contribution in [0, 0.1) is 0 Å². The van der Waals surface area contributed by atoms with E-state index in [1.165, 1.54) is 0 Å². The fraction of sp³-hybridized carbons (Fsp3) is 0.500. The Bertz CT molecular complexity index is 183. The van der Waals surface area contributed by atoms with Crippen molar-refractivity contribution in [3.63, 3.8) is 0 Å². The summed E-state index contributed by atoms with van der Waals surface area (Å²) in [5.41, 5.74) is 0. The van der Waals surface area contributed by atoms with E-state index in [0.29, 0.717) is 6.04 Å². The van der Waals surface area contributed by atoms with Crippen molar-refractivity contribution in [1.29, 1.82) is 0 Å². The molecular formula is C12H23NO. The van der Waals surface area contributed by atoms with Crippen LogP contribution in [0.25, 0.3) is 0 Å². The quantitative estimate of drug-likeness (QED) is 0.633. The van der Waals surface area contributed by atoms with Gasteiger partial charge in [0.15, 0.2) is 0 Å². The second kappa shape index (κ2) is 7.54. The predicted octanol–water partition coefficient (Wildman–Crippen LogP) is 3.64. The molecule has 2 heteroatoms. The van der Waals surface area contributed by atoms with Gasteiger partial charge in [0.25, 0.3) is 0 Å². The lowest BCUT2D eigenvalue weighted by Crippen LogP contribution is -2.37. The normalized spacial score (nSPS) is 16.7. The highest BCUT2D eigenvalue weighted by molar-refractivity contribution is 4.86. The van der Waals surface area contributed by atoms with Crippen LogP contribution in [0.4, 0.5) is 0 Å². The second-order valence-corrected chi connectivity index (χ2v) is 3.44. The van der Waals surface area contributed by atoms with E-state index in [1.54, 1.807) is 0 Å². The van der Waals surface area contributed by atoms with Crippen LogP contribution in [-0.2, 0) is 0 Å². The first kappa shape index (κ1) is 15.6. The molecule has 0 saturated carbocycles. The van der Waals surface area contributed by atoms with E-state index in [4.69, 9.17) is 0 Å². The van der Waals surface area contributed by atoms with Crippen LogP contribution in [0.3, 0.4) is 0 Å². The van der Waals surface area contributed by atoms with Crippen LogP contribution >= 0.6 is 0 Å². The number of rotatable bonds is 4. The van der Waals surface area contributed by atoms with E-state index in [9.17, 15) is 0 Å². The average molecular weight is 197 g/mol. The van der Waals surface area contributed by atoms with Crippen molar-refractivity contribution in [3.8, 4) is 0 Å². The molecular weight excluding hydrogens is 174 g/mol. The topological polar surface area (TPSA) is 30.0 Å². The summed E-state index contributed by atoms with van der Waals surface area (Å²) in [6.07, 6.45) is 12.9. The summed E-state index contributed by atoms with van der Waals surface area (Å²) in [6, 6.07) is 0.531. The molecule has 0 heterocycles. The van der Waals surface area contributed by atoms with Crippen molar-refractivity contribution < 1.29 is 9.96 Å². The molecule has 0 aromatic rings. The molecule has 0 radical (unpaired) electrons. The Kier molecular flexibility index (Phi) is 8.40. The summed E-state index contributed by atoms with van der Waals surface area (Å²) in [5.74, 6) is 0. The lowest BCUT2D eigenvalue weighted by atomic mass is 10.2. The van der Waals surface area contributed by atoms with Gasteiger partial charge in [0.2, 0.25) is 0 Å². The zero-order valence-electron chi connectivity index (χ0n) is 9.94. The average Bonchev–Trinajstić information content (AvgIpc) is 2.05. The van der Waals surface area contributed by atoms with Crippen LogP contribution in [0.5, 0.6) is 0 Å². The summed E-state index contributed by atoms with van der Waals surface area (Å²) >= 11 is 0. The SMILES string of the molecule is CC=C[N+](C=CC)(C=CC)C(C)C.[OH-]. The van der Waals surface area contributed by atoms with Gasteiger partial charge < -0.3 is 5.48 Å². The van der Waals surface area contributed by atoms with Crippen LogP contribution in [0.15, 0.2) is 36.8 Å². The molecule has 0 spiro atoms. The fourth-order valence-corrected chi connectivity index (χ4v) is 1.44. The Balaban J connectivity index is 0. The number of hydrogen-bond donors (Lipinski definition) is 0. The molecule has 2 nitrogen and oxygen atoms in total. The van der Waals surface area contributed by atoms with Crippen molar-refractivity contribution in [3.05, 3.63) is 36.8 Å². The highest BCUT2D eigenvalue weighted by Crippen LogP contribution is 2.17. The molecule has 0 rings (SSSR count). The molecule has 0 aliphatic carbocycles. The summed E-state index contributed by atoms with van der Waals surface area (Å²) in [6.45, 7) is 10.6. The fourth-order valence-electron chi connectivity index (χ4n) is 1.44. The van der Waals surface area contributed by atoms with E-state index < -0.39 is 0 Å². The molecule has 0 unspecified atom stereocenters. The van der Waals surface area contributed by atoms with Gasteiger partial charge in [-0.2, -0.15) is 0 Å². The van der Waals surface area contributed by atoms with Gasteiger partial charge in [0.05, 0.1) is 6.04 Å². The lowest BCUT2D eigenvalue weighted by molar-refractivity contribution is -0.797. The third kappa shape index (κ3) is 3.90. The third-order valence-corrected chi connectivity index (χ3v) is 2.12. The van der Waals surface area contributed by atoms with Gasteiger partial charge in [-0.25, -0.2) is 4.48 Å². The Morgan fingerprint density at radius 2 is 1.07 bits per heavy atom. The number of quaternary nitrogens is 1. The van der Waals surface area contributed by atoms with Gasteiger partial charge in [-0.1, -0.05) is 0 Å². The first-order valence-electron chi connectivity index (χ1n) is 4.92. The van der Waals surface area contributed by atoms with Crippen LogP contribution in [0.2, 0.25) is 0 Å². The molecule has 82 valence electrons. The van der Waals surface area contributed by atoms with Gasteiger partial charge in [-0.05, 0) is 52.8 Å². The van der Waals surface area contributed by atoms with E-state index >= 15 is 0 Å². The number of nitrogens with zero attached hydrogens (tertiary/aromatic N) is 1. The van der Waals surface area contributed by atoms with E-state index in [1.807, 2.05) is 0 Å². The van der Waals surface area contributed by atoms with Crippen molar-refractivity contribution in [2.75, 3.05) is 0 Å². The standard InChI is InChI=1S/C12H22N.H2O/c1-6-9-13(10-7-2,11-8-3)12(4)5;/h6-12H,1-5H3;1H2/q+1;/p-1. The summed E-state index contributed by atoms with van der Waals surface area (Å²) < 4.78 is 0.795. The molecule has 0 fully saturated rings. The molecule has 0 saturated heterocycles. The van der Waals surface area contributed by atoms with E-state index in [-0.39, 0.29) is 5.48 Å². The first-order valence-corrected chi connectivity index (χ1v) is 4.92. The molecule has 0 aromatic heterocycles. The zero-order valence-corrected chi connectivity index (χ0v) is 9.94. The van der Waals surface area contributed by atoms with Crippen LogP contribution in [0.1, 0.15) is 34.6 Å². The maximum Gasteiger partial charge on any atom is 0.101 e. The lowest BCUT2D eigenvalue weighted by Gasteiger charge is -2.30. The predicted molar refractivity (Wildman–Crippen MR) is 61.8 cm³/mol. The van der Waals surface area contributed by atoms with Crippen molar-refractivity contribution in [2.24, 2.45) is 0 Å². The first-order chi connectivity index (χ1) is 6.13. The van der Waals surface area contributed by atoms with Crippen molar-refractivity contribution in [1.82, 2.24) is 0 Å². The summed E-state index contributed by atoms with van der Waals surface area (Å²) in [5, 5.41) is 0. The highest BCUT2D eigenvalue weighted by atomic mass is 16.0. The second-order valence-electron chi connectivity index (χ2n) is 3.44. The minimum atomic E-state index is 0. The number of hydrogen-bond acceptors (Lipinski definition) is 1. The van der Waals surface area contributed by atoms with Crippen molar-refractivity contribution in [2.45, 2.75) is 40.7 Å². The van der Waals surface area contributed by atoms with Gasteiger partial charge >= 0.3 is 0 Å². The van der Waals surface area contributed by atoms with Gasteiger partial charge in [-0.3, -0.25) is 0 Å². The smallest absolute Gasteiger partial charge is 0.101 e. The molecule has 1 N–H and O–H groups in total. The largest absolute Gasteiger partial charge is 0.870 e. The molecule has 0 amide bonds. The minimum absolute atomic E-state index is 0. The molecule has 0 aromatic carbocycles. The maximum atomic E-state index is 2.22. The highest BCUT2D eigenvalue weighted by Gasteiger charge is 2.22. The van der Waals surface area contributed by atoms with Crippen LogP contribution in [-0.4, -0.2) is 16.0 Å². The summed E-state index contributed by atoms with van der Waals surface area (Å²) in [7, 11) is 0. The Morgan fingerprint density at radius 1 is 0.786 bits per heavy atom.